The van der Waals surface area contributed by atoms with Crippen molar-refractivity contribution in [2.75, 3.05) is 0 Å². The molecule has 3 rings (SSSR count). The van der Waals surface area contributed by atoms with E-state index in [1.165, 1.54) is 0 Å². The van der Waals surface area contributed by atoms with Gasteiger partial charge in [-0.15, -0.1) is 0 Å². The second kappa shape index (κ2) is 9.84. The molecule has 0 aliphatic heterocycles. The average molecular weight is 441 g/mol. The maximum atomic E-state index is 12.6. The van der Waals surface area contributed by atoms with Gasteiger partial charge in [-0.25, -0.2) is 9.59 Å². The van der Waals surface area contributed by atoms with Crippen molar-refractivity contribution in [3.05, 3.63) is 69.8 Å². The van der Waals surface area contributed by atoms with Crippen LogP contribution in [0.3, 0.4) is 0 Å². The van der Waals surface area contributed by atoms with E-state index >= 15 is 0 Å². The lowest BCUT2D eigenvalue weighted by atomic mass is 9.78. The third-order valence-corrected chi connectivity index (χ3v) is 6.20. The van der Waals surface area contributed by atoms with Crippen LogP contribution in [0.25, 0.3) is 0 Å². The molecule has 0 saturated heterocycles. The fraction of sp³-hybridized carbons (Fsp3) is 0.462. The largest absolute Gasteiger partial charge is 0.373 e. The molecular formula is C26H32O6. The van der Waals surface area contributed by atoms with Gasteiger partial charge in [-0.1, -0.05) is 42.3 Å². The lowest BCUT2D eigenvalue weighted by Gasteiger charge is -2.39. The first-order valence-electron chi connectivity index (χ1n) is 11.0. The van der Waals surface area contributed by atoms with Gasteiger partial charge in [0.25, 0.3) is 0 Å². The summed E-state index contributed by atoms with van der Waals surface area (Å²) in [7, 11) is 0. The highest BCUT2D eigenvalue weighted by Gasteiger charge is 2.45. The first kappa shape index (κ1) is 24.0. The molecule has 1 saturated carbocycles. The molecule has 32 heavy (non-hydrogen) atoms. The second-order valence-corrected chi connectivity index (χ2v) is 9.24. The first-order chi connectivity index (χ1) is 15.1. The Kier molecular flexibility index (Phi) is 7.36. The van der Waals surface area contributed by atoms with E-state index in [0.717, 1.165) is 28.7 Å². The predicted molar refractivity (Wildman–Crippen MR) is 120 cm³/mol. The lowest BCUT2D eigenvalue weighted by Crippen LogP contribution is -2.48. The summed E-state index contributed by atoms with van der Waals surface area (Å²) in [4.78, 5) is 46.9. The van der Waals surface area contributed by atoms with Crippen molar-refractivity contribution in [1.82, 2.24) is 0 Å². The Morgan fingerprint density at radius 2 is 1.41 bits per heavy atom. The molecule has 1 fully saturated rings. The summed E-state index contributed by atoms with van der Waals surface area (Å²) in [6, 6.07) is 11.2. The van der Waals surface area contributed by atoms with Gasteiger partial charge in [0.1, 0.15) is 11.7 Å². The van der Waals surface area contributed by atoms with E-state index in [0.29, 0.717) is 29.9 Å². The van der Waals surface area contributed by atoms with Crippen LogP contribution in [0.1, 0.15) is 76.1 Å². The van der Waals surface area contributed by atoms with Crippen molar-refractivity contribution < 1.29 is 29.1 Å². The van der Waals surface area contributed by atoms with Gasteiger partial charge >= 0.3 is 11.9 Å². The van der Waals surface area contributed by atoms with Gasteiger partial charge in [-0.05, 0) is 83.1 Å². The molecule has 3 unspecified atom stereocenters. The number of aryl methyl sites for hydroxylation is 4. The molecule has 2 aromatic rings. The zero-order chi connectivity index (χ0) is 23.5. The topological polar surface area (TPSA) is 71.1 Å². The van der Waals surface area contributed by atoms with Crippen LogP contribution < -0.4 is 0 Å². The average Bonchev–Trinajstić information content (AvgIpc) is 2.76. The van der Waals surface area contributed by atoms with Crippen LogP contribution in [-0.4, -0.2) is 23.6 Å². The highest BCUT2D eigenvalue weighted by Crippen LogP contribution is 2.37. The smallest absolute Gasteiger partial charge is 0.292 e. The molecule has 0 radical (unpaired) electrons. The zero-order valence-corrected chi connectivity index (χ0v) is 19.7. The lowest BCUT2D eigenvalue weighted by molar-refractivity contribution is -0.388. The Hall–Kier alpha value is -2.70. The molecule has 0 amide bonds. The van der Waals surface area contributed by atoms with Crippen molar-refractivity contribution in [2.45, 2.75) is 72.5 Å². The van der Waals surface area contributed by atoms with E-state index in [1.807, 2.05) is 58.9 Å². The van der Waals surface area contributed by atoms with Crippen molar-refractivity contribution in [1.29, 1.82) is 0 Å². The van der Waals surface area contributed by atoms with Crippen LogP contribution in [0.4, 0.5) is 0 Å². The Morgan fingerprint density at radius 1 is 0.875 bits per heavy atom. The Labute approximate surface area is 189 Å². The van der Waals surface area contributed by atoms with Gasteiger partial charge in [-0.2, -0.15) is 9.78 Å². The van der Waals surface area contributed by atoms with E-state index in [2.05, 4.69) is 6.92 Å². The maximum Gasteiger partial charge on any atom is 0.373 e. The highest BCUT2D eigenvalue weighted by molar-refractivity contribution is 5.91. The molecular weight excluding hydrogens is 408 g/mol. The number of benzene rings is 2. The van der Waals surface area contributed by atoms with Crippen molar-refractivity contribution in [2.24, 2.45) is 5.92 Å². The molecule has 0 bridgehead atoms. The third-order valence-electron chi connectivity index (χ3n) is 6.20. The molecule has 172 valence electrons. The summed E-state index contributed by atoms with van der Waals surface area (Å²) in [5.41, 5.74) is 3.50. The minimum Gasteiger partial charge on any atom is -0.292 e. The number of carbonyl (C=O) groups excluding carboxylic acids is 2. The summed E-state index contributed by atoms with van der Waals surface area (Å²) in [5, 5.41) is 0. The third kappa shape index (κ3) is 5.56. The number of carbonyl (C=O) groups is 2. The summed E-state index contributed by atoms with van der Waals surface area (Å²) >= 11 is 0. The zero-order valence-electron chi connectivity index (χ0n) is 19.7. The monoisotopic (exact) mass is 440 g/mol. The van der Waals surface area contributed by atoms with Crippen molar-refractivity contribution in [3.63, 3.8) is 0 Å². The van der Waals surface area contributed by atoms with Crippen LogP contribution in [-0.2, 0) is 19.6 Å². The molecule has 0 spiro atoms. The molecule has 3 atom stereocenters. The molecule has 0 N–H and O–H groups in total. The molecule has 1 aliphatic carbocycles. The summed E-state index contributed by atoms with van der Waals surface area (Å²) < 4.78 is 0. The normalized spacial score (nSPS) is 22.9. The second-order valence-electron chi connectivity index (χ2n) is 9.24. The Bertz CT molecular complexity index is 998. The fourth-order valence-electron chi connectivity index (χ4n) is 3.90. The van der Waals surface area contributed by atoms with E-state index in [1.54, 1.807) is 12.1 Å². The van der Waals surface area contributed by atoms with Crippen molar-refractivity contribution >= 4 is 11.9 Å². The standard InChI is InChI=1S/C26H32O6/c1-16-7-9-19(4)21(13-16)24(27)30-29-23-15-18(3)11-12-26(23,6)32-31-25(28)22-14-17(2)8-10-20(22)5/h7-10,13-14,18,23H,11-12,15H2,1-6H3. The van der Waals surface area contributed by atoms with Gasteiger partial charge in [0.15, 0.2) is 0 Å². The molecule has 6 nitrogen and oxygen atoms in total. The number of hydrogen-bond donors (Lipinski definition) is 0. The fourth-order valence-corrected chi connectivity index (χ4v) is 3.90. The van der Waals surface area contributed by atoms with E-state index < -0.39 is 23.6 Å². The van der Waals surface area contributed by atoms with E-state index in [-0.39, 0.29) is 0 Å². The summed E-state index contributed by atoms with van der Waals surface area (Å²) in [6.45, 7) is 11.4. The van der Waals surface area contributed by atoms with E-state index in [4.69, 9.17) is 19.6 Å². The van der Waals surface area contributed by atoms with Gasteiger partial charge < -0.3 is 0 Å². The first-order valence-corrected chi connectivity index (χ1v) is 11.0. The Morgan fingerprint density at radius 3 is 1.97 bits per heavy atom. The van der Waals surface area contributed by atoms with Crippen LogP contribution in [0, 0.1) is 33.6 Å². The van der Waals surface area contributed by atoms with Crippen LogP contribution in [0.15, 0.2) is 36.4 Å². The van der Waals surface area contributed by atoms with Crippen LogP contribution in [0.2, 0.25) is 0 Å². The minimum absolute atomic E-state index is 0.353. The summed E-state index contributed by atoms with van der Waals surface area (Å²) in [5.74, 6) is -0.762. The molecule has 0 heterocycles. The summed E-state index contributed by atoms with van der Waals surface area (Å²) in [6.07, 6.45) is 1.51. The predicted octanol–water partition coefficient (Wildman–Crippen LogP) is 5.74. The molecule has 6 heteroatoms. The quantitative estimate of drug-likeness (QED) is 0.421. The molecule has 2 aromatic carbocycles. The van der Waals surface area contributed by atoms with Gasteiger partial charge in [0.05, 0.1) is 11.1 Å². The maximum absolute atomic E-state index is 12.6. The van der Waals surface area contributed by atoms with Crippen LogP contribution in [0.5, 0.6) is 0 Å². The van der Waals surface area contributed by atoms with E-state index in [9.17, 15) is 9.59 Å². The highest BCUT2D eigenvalue weighted by atomic mass is 17.2. The SMILES string of the molecule is Cc1ccc(C)c(C(=O)OOC2CC(C)CCC2(C)OOC(=O)c2cc(C)ccc2C)c1. The van der Waals surface area contributed by atoms with Gasteiger partial charge in [0.2, 0.25) is 0 Å². The van der Waals surface area contributed by atoms with Crippen LogP contribution >= 0.6 is 0 Å². The number of hydrogen-bond acceptors (Lipinski definition) is 6. The molecule has 1 aliphatic rings. The molecule has 0 aromatic heterocycles. The van der Waals surface area contributed by atoms with Gasteiger partial charge in [-0.3, -0.25) is 9.78 Å². The Balaban J connectivity index is 1.68. The minimum atomic E-state index is -0.943. The van der Waals surface area contributed by atoms with Crippen molar-refractivity contribution in [3.8, 4) is 0 Å². The van der Waals surface area contributed by atoms with Gasteiger partial charge in [0, 0.05) is 0 Å². The number of rotatable bonds is 6.